The molecule has 4 rings (SSSR count). The van der Waals surface area contributed by atoms with Crippen molar-refractivity contribution in [3.63, 3.8) is 0 Å². The predicted molar refractivity (Wildman–Crippen MR) is 90.6 cm³/mol. The molecule has 116 valence electrons. The standard InChI is InChI=1S/C18H16ClN3O/c19-13-6-8-14(9-7-13)22-11-3-5-17-16(12-22)21-18(23-17)15-4-1-2-10-20-15/h1-2,4,6-10H,3,5,11-12H2. The minimum absolute atomic E-state index is 0.605. The van der Waals surface area contributed by atoms with Crippen LogP contribution in [0.15, 0.2) is 53.1 Å². The van der Waals surface area contributed by atoms with Crippen molar-refractivity contribution in [2.24, 2.45) is 0 Å². The fourth-order valence-corrected chi connectivity index (χ4v) is 2.99. The van der Waals surface area contributed by atoms with Crippen molar-refractivity contribution >= 4 is 17.3 Å². The second-order valence-electron chi connectivity index (χ2n) is 5.61. The van der Waals surface area contributed by atoms with E-state index < -0.39 is 0 Å². The lowest BCUT2D eigenvalue weighted by Gasteiger charge is -2.22. The molecule has 0 unspecified atom stereocenters. The molecule has 3 heterocycles. The molecule has 0 amide bonds. The van der Waals surface area contributed by atoms with E-state index in [1.54, 1.807) is 6.20 Å². The molecule has 0 bridgehead atoms. The molecule has 0 spiro atoms. The van der Waals surface area contributed by atoms with Gasteiger partial charge in [0.05, 0.1) is 6.54 Å². The van der Waals surface area contributed by atoms with Crippen LogP contribution in [-0.2, 0) is 13.0 Å². The van der Waals surface area contributed by atoms with Gasteiger partial charge in [-0.1, -0.05) is 17.7 Å². The first-order valence-electron chi connectivity index (χ1n) is 7.70. The van der Waals surface area contributed by atoms with Crippen molar-refractivity contribution in [3.8, 4) is 11.6 Å². The molecule has 4 nitrogen and oxygen atoms in total. The Hall–Kier alpha value is -2.33. The third-order valence-electron chi connectivity index (χ3n) is 4.03. The number of halogens is 1. The van der Waals surface area contributed by atoms with Crippen LogP contribution in [0.5, 0.6) is 0 Å². The van der Waals surface area contributed by atoms with Gasteiger partial charge in [-0.2, -0.15) is 0 Å². The van der Waals surface area contributed by atoms with Gasteiger partial charge < -0.3 is 9.32 Å². The highest BCUT2D eigenvalue weighted by Gasteiger charge is 2.21. The third kappa shape index (κ3) is 2.94. The number of aromatic nitrogens is 2. The van der Waals surface area contributed by atoms with E-state index in [-0.39, 0.29) is 0 Å². The van der Waals surface area contributed by atoms with Crippen LogP contribution in [0.25, 0.3) is 11.6 Å². The molecule has 0 N–H and O–H groups in total. The summed E-state index contributed by atoms with van der Waals surface area (Å²) in [6.45, 7) is 1.72. The zero-order chi connectivity index (χ0) is 15.6. The zero-order valence-electron chi connectivity index (χ0n) is 12.6. The fraction of sp³-hybridized carbons (Fsp3) is 0.222. The summed E-state index contributed by atoms with van der Waals surface area (Å²) in [5, 5.41) is 0.753. The Morgan fingerprint density at radius 2 is 1.96 bits per heavy atom. The quantitative estimate of drug-likeness (QED) is 0.702. The van der Waals surface area contributed by atoms with E-state index in [0.717, 1.165) is 53.8 Å². The van der Waals surface area contributed by atoms with E-state index in [2.05, 4.69) is 14.9 Å². The molecule has 0 radical (unpaired) electrons. The number of hydrogen-bond acceptors (Lipinski definition) is 4. The number of benzene rings is 1. The maximum atomic E-state index is 5.98. The number of pyridine rings is 1. The van der Waals surface area contributed by atoms with Crippen LogP contribution in [0.3, 0.4) is 0 Å². The smallest absolute Gasteiger partial charge is 0.245 e. The minimum atomic E-state index is 0.605. The molecular weight excluding hydrogens is 310 g/mol. The lowest BCUT2D eigenvalue weighted by Crippen LogP contribution is -2.22. The second kappa shape index (κ2) is 6.05. The highest BCUT2D eigenvalue weighted by Crippen LogP contribution is 2.28. The molecule has 3 aromatic rings. The van der Waals surface area contributed by atoms with Crippen LogP contribution in [0.2, 0.25) is 5.02 Å². The summed E-state index contributed by atoms with van der Waals surface area (Å²) >= 11 is 5.98. The minimum Gasteiger partial charge on any atom is -0.440 e. The van der Waals surface area contributed by atoms with E-state index >= 15 is 0 Å². The predicted octanol–water partition coefficient (Wildman–Crippen LogP) is 4.34. The molecule has 0 saturated heterocycles. The summed E-state index contributed by atoms with van der Waals surface area (Å²) in [7, 11) is 0. The van der Waals surface area contributed by atoms with Gasteiger partial charge in [-0.05, 0) is 42.8 Å². The summed E-state index contributed by atoms with van der Waals surface area (Å²) < 4.78 is 5.95. The molecule has 0 aliphatic carbocycles. The average molecular weight is 326 g/mol. The number of fused-ring (bicyclic) bond motifs is 1. The summed E-state index contributed by atoms with van der Waals surface area (Å²) in [6, 6.07) is 13.7. The molecule has 0 saturated carbocycles. The first kappa shape index (κ1) is 14.3. The molecule has 5 heteroatoms. The summed E-state index contributed by atoms with van der Waals surface area (Å²) in [4.78, 5) is 11.3. The van der Waals surface area contributed by atoms with Gasteiger partial charge in [0.15, 0.2) is 0 Å². The van der Waals surface area contributed by atoms with Crippen LogP contribution in [0.1, 0.15) is 17.9 Å². The van der Waals surface area contributed by atoms with Gasteiger partial charge in [0, 0.05) is 29.9 Å². The number of oxazole rings is 1. The van der Waals surface area contributed by atoms with Crippen LogP contribution in [0.4, 0.5) is 5.69 Å². The maximum absolute atomic E-state index is 5.98. The Morgan fingerprint density at radius 3 is 2.74 bits per heavy atom. The van der Waals surface area contributed by atoms with Gasteiger partial charge in [-0.15, -0.1) is 0 Å². The van der Waals surface area contributed by atoms with Crippen molar-refractivity contribution in [2.75, 3.05) is 11.4 Å². The number of nitrogens with zero attached hydrogens (tertiary/aromatic N) is 3. The van der Waals surface area contributed by atoms with Crippen molar-refractivity contribution in [3.05, 3.63) is 65.1 Å². The molecular formula is C18H16ClN3O. The molecule has 1 aliphatic rings. The van der Waals surface area contributed by atoms with E-state index in [1.807, 2.05) is 42.5 Å². The highest BCUT2D eigenvalue weighted by molar-refractivity contribution is 6.30. The topological polar surface area (TPSA) is 42.2 Å². The van der Waals surface area contributed by atoms with E-state index in [1.165, 1.54) is 0 Å². The van der Waals surface area contributed by atoms with E-state index in [4.69, 9.17) is 16.0 Å². The molecule has 2 aromatic heterocycles. The summed E-state index contributed by atoms with van der Waals surface area (Å²) in [5.74, 6) is 1.58. The Morgan fingerprint density at radius 1 is 1.09 bits per heavy atom. The van der Waals surface area contributed by atoms with E-state index in [0.29, 0.717) is 5.89 Å². The van der Waals surface area contributed by atoms with Crippen LogP contribution >= 0.6 is 11.6 Å². The molecule has 1 aromatic carbocycles. The number of rotatable bonds is 2. The lowest BCUT2D eigenvalue weighted by atomic mass is 10.2. The monoisotopic (exact) mass is 325 g/mol. The Balaban J connectivity index is 1.64. The van der Waals surface area contributed by atoms with Crippen molar-refractivity contribution in [1.29, 1.82) is 0 Å². The summed E-state index contributed by atoms with van der Waals surface area (Å²) in [5.41, 5.74) is 2.93. The van der Waals surface area contributed by atoms with E-state index in [9.17, 15) is 0 Å². The number of anilines is 1. The van der Waals surface area contributed by atoms with Gasteiger partial charge in [0.1, 0.15) is 17.1 Å². The zero-order valence-corrected chi connectivity index (χ0v) is 13.3. The SMILES string of the molecule is Clc1ccc(N2CCCc3oc(-c4ccccn4)nc3C2)cc1. The molecule has 1 aliphatic heterocycles. The van der Waals surface area contributed by atoms with Gasteiger partial charge in [0.2, 0.25) is 5.89 Å². The largest absolute Gasteiger partial charge is 0.440 e. The molecule has 0 atom stereocenters. The van der Waals surface area contributed by atoms with Crippen LogP contribution < -0.4 is 4.90 Å². The highest BCUT2D eigenvalue weighted by atomic mass is 35.5. The number of aryl methyl sites for hydroxylation is 1. The summed E-state index contributed by atoms with van der Waals surface area (Å²) in [6.07, 6.45) is 3.69. The van der Waals surface area contributed by atoms with Crippen molar-refractivity contribution in [2.45, 2.75) is 19.4 Å². The first-order chi connectivity index (χ1) is 11.3. The normalized spacial score (nSPS) is 14.4. The Labute approximate surface area is 139 Å². The van der Waals surface area contributed by atoms with Gasteiger partial charge in [0.25, 0.3) is 0 Å². The van der Waals surface area contributed by atoms with Crippen LogP contribution in [-0.4, -0.2) is 16.5 Å². The van der Waals surface area contributed by atoms with Gasteiger partial charge in [-0.25, -0.2) is 4.98 Å². The fourth-order valence-electron chi connectivity index (χ4n) is 2.86. The number of hydrogen-bond donors (Lipinski definition) is 0. The third-order valence-corrected chi connectivity index (χ3v) is 4.28. The average Bonchev–Trinajstić information content (AvgIpc) is 2.88. The van der Waals surface area contributed by atoms with Gasteiger partial charge in [-0.3, -0.25) is 4.98 Å². The van der Waals surface area contributed by atoms with Gasteiger partial charge >= 0.3 is 0 Å². The molecule has 23 heavy (non-hydrogen) atoms. The lowest BCUT2D eigenvalue weighted by molar-refractivity contribution is 0.511. The van der Waals surface area contributed by atoms with Crippen molar-refractivity contribution < 1.29 is 4.42 Å². The second-order valence-corrected chi connectivity index (χ2v) is 6.04. The molecule has 0 fully saturated rings. The first-order valence-corrected chi connectivity index (χ1v) is 8.08. The maximum Gasteiger partial charge on any atom is 0.245 e. The Bertz CT molecular complexity index is 799. The Kier molecular flexibility index (Phi) is 3.75. The van der Waals surface area contributed by atoms with Crippen molar-refractivity contribution in [1.82, 2.24) is 9.97 Å². The van der Waals surface area contributed by atoms with Crippen LogP contribution in [0, 0.1) is 0 Å².